The Balaban J connectivity index is 1.71. The minimum Gasteiger partial charge on any atom is -0.328 e. The van der Waals surface area contributed by atoms with E-state index in [2.05, 4.69) is 0 Å². The second kappa shape index (κ2) is 7.18. The fourth-order valence-corrected chi connectivity index (χ4v) is 4.88. The third kappa shape index (κ3) is 3.83. The average molecular weight is 400 g/mol. The molecular formula is C18H22F2N2O4S. The number of halogens is 2. The van der Waals surface area contributed by atoms with E-state index in [1.165, 1.54) is 11.8 Å². The van der Waals surface area contributed by atoms with Crippen molar-refractivity contribution >= 4 is 21.8 Å². The van der Waals surface area contributed by atoms with E-state index in [4.69, 9.17) is 0 Å². The first-order valence-electron chi connectivity index (χ1n) is 8.96. The van der Waals surface area contributed by atoms with Crippen LogP contribution in [0.15, 0.2) is 23.1 Å². The SMILES string of the molecule is CC1(C(=O)NS(=O)(=O)c2ccc(F)cc2F)CCN1C(=O)CC1CCCC1. The molecule has 2 amide bonds. The Morgan fingerprint density at radius 2 is 1.93 bits per heavy atom. The van der Waals surface area contributed by atoms with Gasteiger partial charge < -0.3 is 4.90 Å². The topological polar surface area (TPSA) is 83.6 Å². The third-order valence-corrected chi connectivity index (χ3v) is 6.92. The standard InChI is InChI=1S/C18H22F2N2O4S/c1-18(8-9-22(18)16(23)10-12-4-2-3-5-12)17(24)21-27(25,26)15-7-6-13(19)11-14(15)20/h6-7,11-12H,2-5,8-10H2,1H3,(H,21,24). The van der Waals surface area contributed by atoms with Gasteiger partial charge in [0.2, 0.25) is 5.91 Å². The summed E-state index contributed by atoms with van der Waals surface area (Å²) in [7, 11) is -4.52. The van der Waals surface area contributed by atoms with Crippen molar-refractivity contribution < 1.29 is 26.8 Å². The van der Waals surface area contributed by atoms with Gasteiger partial charge in [-0.05, 0) is 44.2 Å². The summed E-state index contributed by atoms with van der Waals surface area (Å²) in [6.07, 6.45) is 4.83. The molecule has 27 heavy (non-hydrogen) atoms. The molecule has 1 aromatic rings. The number of hydrogen-bond donors (Lipinski definition) is 1. The highest BCUT2D eigenvalue weighted by molar-refractivity contribution is 7.90. The monoisotopic (exact) mass is 400 g/mol. The fraction of sp³-hybridized carbons (Fsp3) is 0.556. The molecule has 6 nitrogen and oxygen atoms in total. The van der Waals surface area contributed by atoms with Gasteiger partial charge in [-0.2, -0.15) is 0 Å². The van der Waals surface area contributed by atoms with Gasteiger partial charge >= 0.3 is 0 Å². The van der Waals surface area contributed by atoms with E-state index in [-0.39, 0.29) is 5.91 Å². The van der Waals surface area contributed by atoms with Crippen molar-refractivity contribution in [2.45, 2.75) is 55.9 Å². The van der Waals surface area contributed by atoms with E-state index in [0.717, 1.165) is 37.8 Å². The Morgan fingerprint density at radius 1 is 1.26 bits per heavy atom. The smallest absolute Gasteiger partial charge is 0.267 e. The second-order valence-electron chi connectivity index (χ2n) is 7.43. The average Bonchev–Trinajstić information content (AvgIpc) is 3.04. The van der Waals surface area contributed by atoms with Crippen LogP contribution in [-0.2, 0) is 19.6 Å². The summed E-state index contributed by atoms with van der Waals surface area (Å²) in [5.41, 5.74) is -1.29. The van der Waals surface area contributed by atoms with Gasteiger partial charge in [-0.15, -0.1) is 0 Å². The van der Waals surface area contributed by atoms with E-state index < -0.39 is 38.0 Å². The molecule has 1 saturated carbocycles. The predicted molar refractivity (Wildman–Crippen MR) is 93.0 cm³/mol. The molecule has 2 aliphatic rings. The Bertz CT molecular complexity index is 868. The molecule has 1 saturated heterocycles. The quantitative estimate of drug-likeness (QED) is 0.822. The highest BCUT2D eigenvalue weighted by Gasteiger charge is 2.50. The van der Waals surface area contributed by atoms with Crippen LogP contribution in [0.25, 0.3) is 0 Å². The maximum atomic E-state index is 13.8. The third-order valence-electron chi connectivity index (χ3n) is 5.56. The van der Waals surface area contributed by atoms with Gasteiger partial charge in [-0.3, -0.25) is 9.59 Å². The molecule has 148 valence electrons. The van der Waals surface area contributed by atoms with E-state index in [1.807, 2.05) is 4.72 Å². The number of nitrogens with zero attached hydrogens (tertiary/aromatic N) is 1. The maximum absolute atomic E-state index is 13.8. The van der Waals surface area contributed by atoms with Crippen LogP contribution in [0.2, 0.25) is 0 Å². The molecule has 0 aromatic heterocycles. The Labute approximate surface area is 157 Å². The molecule has 1 aliphatic heterocycles. The van der Waals surface area contributed by atoms with Gasteiger partial charge in [0, 0.05) is 19.0 Å². The van der Waals surface area contributed by atoms with Crippen LogP contribution in [0, 0.1) is 17.6 Å². The van der Waals surface area contributed by atoms with Crippen molar-refractivity contribution in [2.24, 2.45) is 5.92 Å². The molecule has 9 heteroatoms. The Hall–Kier alpha value is -2.03. The van der Waals surface area contributed by atoms with Crippen LogP contribution in [0.4, 0.5) is 8.78 Å². The van der Waals surface area contributed by atoms with E-state index in [1.54, 1.807) is 0 Å². The molecule has 0 radical (unpaired) electrons. The molecule has 1 unspecified atom stereocenters. The molecule has 2 fully saturated rings. The van der Waals surface area contributed by atoms with Crippen LogP contribution >= 0.6 is 0 Å². The van der Waals surface area contributed by atoms with Gasteiger partial charge in [-0.1, -0.05) is 12.8 Å². The lowest BCUT2D eigenvalue weighted by molar-refractivity contribution is -0.157. The van der Waals surface area contributed by atoms with Crippen molar-refractivity contribution in [2.75, 3.05) is 6.54 Å². The summed E-state index contributed by atoms with van der Waals surface area (Å²) in [6, 6.07) is 1.98. The van der Waals surface area contributed by atoms with Gasteiger partial charge in [0.15, 0.2) is 0 Å². The highest BCUT2D eigenvalue weighted by Crippen LogP contribution is 2.35. The zero-order valence-electron chi connectivity index (χ0n) is 15.0. The zero-order valence-corrected chi connectivity index (χ0v) is 15.8. The van der Waals surface area contributed by atoms with E-state index in [0.29, 0.717) is 31.4 Å². The van der Waals surface area contributed by atoms with Crippen LogP contribution < -0.4 is 4.72 Å². The molecule has 0 spiro atoms. The normalized spacial score (nSPS) is 23.1. The number of sulfonamides is 1. The molecule has 1 N–H and O–H groups in total. The highest BCUT2D eigenvalue weighted by atomic mass is 32.2. The number of hydrogen-bond acceptors (Lipinski definition) is 4. The lowest BCUT2D eigenvalue weighted by atomic mass is 9.85. The lowest BCUT2D eigenvalue weighted by Gasteiger charge is -2.49. The minimum atomic E-state index is -4.52. The van der Waals surface area contributed by atoms with Gasteiger partial charge in [0.25, 0.3) is 15.9 Å². The maximum Gasteiger partial charge on any atom is 0.267 e. The summed E-state index contributed by atoms with van der Waals surface area (Å²) in [5, 5.41) is 0. The number of amides is 2. The van der Waals surface area contributed by atoms with Gasteiger partial charge in [0.1, 0.15) is 22.1 Å². The zero-order chi connectivity index (χ0) is 19.8. The predicted octanol–water partition coefficient (Wildman–Crippen LogP) is 2.34. The largest absolute Gasteiger partial charge is 0.328 e. The first-order chi connectivity index (χ1) is 12.6. The van der Waals surface area contributed by atoms with Gasteiger partial charge in [0.05, 0.1) is 0 Å². The summed E-state index contributed by atoms with van der Waals surface area (Å²) in [4.78, 5) is 25.7. The molecule has 0 bridgehead atoms. The summed E-state index contributed by atoms with van der Waals surface area (Å²) >= 11 is 0. The van der Waals surface area contributed by atoms with Crippen molar-refractivity contribution in [3.63, 3.8) is 0 Å². The van der Waals surface area contributed by atoms with Crippen molar-refractivity contribution in [1.82, 2.24) is 9.62 Å². The molecular weight excluding hydrogens is 378 g/mol. The van der Waals surface area contributed by atoms with Crippen molar-refractivity contribution in [3.05, 3.63) is 29.8 Å². The number of likely N-dealkylation sites (tertiary alicyclic amines) is 1. The van der Waals surface area contributed by atoms with Crippen LogP contribution in [0.3, 0.4) is 0 Å². The number of benzene rings is 1. The number of nitrogens with one attached hydrogen (secondary N) is 1. The molecule has 1 heterocycles. The number of rotatable bonds is 5. The van der Waals surface area contributed by atoms with Crippen LogP contribution in [0.1, 0.15) is 45.4 Å². The number of carbonyl (C=O) groups is 2. The van der Waals surface area contributed by atoms with E-state index in [9.17, 15) is 26.8 Å². The first kappa shape index (κ1) is 19.7. The summed E-state index contributed by atoms with van der Waals surface area (Å²) < 4.78 is 53.2. The van der Waals surface area contributed by atoms with Crippen LogP contribution in [-0.4, -0.2) is 37.2 Å². The van der Waals surface area contributed by atoms with E-state index >= 15 is 0 Å². The molecule has 3 rings (SSSR count). The fourth-order valence-electron chi connectivity index (χ4n) is 3.75. The van der Waals surface area contributed by atoms with Crippen molar-refractivity contribution in [1.29, 1.82) is 0 Å². The minimum absolute atomic E-state index is 0.170. The number of carbonyl (C=O) groups excluding carboxylic acids is 2. The summed E-state index contributed by atoms with van der Waals surface area (Å²) in [5.74, 6) is -2.97. The Morgan fingerprint density at radius 3 is 2.48 bits per heavy atom. The molecule has 1 aliphatic carbocycles. The van der Waals surface area contributed by atoms with Crippen LogP contribution in [0.5, 0.6) is 0 Å². The second-order valence-corrected chi connectivity index (χ2v) is 9.08. The molecule has 1 atom stereocenters. The summed E-state index contributed by atoms with van der Waals surface area (Å²) in [6.45, 7) is 1.87. The Kier molecular flexibility index (Phi) is 5.24. The van der Waals surface area contributed by atoms with Crippen molar-refractivity contribution in [3.8, 4) is 0 Å². The lowest BCUT2D eigenvalue weighted by Crippen LogP contribution is -2.68. The first-order valence-corrected chi connectivity index (χ1v) is 10.4. The van der Waals surface area contributed by atoms with Gasteiger partial charge in [-0.25, -0.2) is 21.9 Å². The molecule has 1 aromatic carbocycles.